The standard InChI is InChI=1S/C18H18ClIN2O2/c19-15-9-13(3-4-14(15)11-1-2-11)18(23)22-7-5-12(6-8-22)16-10-17(20)24-21-16/h3-4,9-12H,1-2,5-8H2. The van der Waals surface area contributed by atoms with Crippen LogP contribution in [0.3, 0.4) is 0 Å². The van der Waals surface area contributed by atoms with E-state index < -0.39 is 0 Å². The summed E-state index contributed by atoms with van der Waals surface area (Å²) in [5.41, 5.74) is 2.88. The number of carbonyl (C=O) groups excluding carboxylic acids is 1. The average molecular weight is 457 g/mol. The minimum Gasteiger partial charge on any atom is -0.350 e. The fourth-order valence-corrected chi connectivity index (χ4v) is 4.16. The maximum absolute atomic E-state index is 12.7. The number of benzene rings is 1. The van der Waals surface area contributed by atoms with Crippen LogP contribution in [0.25, 0.3) is 0 Å². The lowest BCUT2D eigenvalue weighted by Gasteiger charge is -2.31. The molecule has 4 rings (SSSR count). The summed E-state index contributed by atoms with van der Waals surface area (Å²) < 4.78 is 5.96. The summed E-state index contributed by atoms with van der Waals surface area (Å²) in [5.74, 6) is 1.05. The van der Waals surface area contributed by atoms with Gasteiger partial charge in [0.2, 0.25) is 0 Å². The fourth-order valence-electron chi connectivity index (χ4n) is 3.40. The molecule has 1 saturated carbocycles. The molecule has 2 aromatic rings. The third-order valence-electron chi connectivity index (χ3n) is 4.96. The molecule has 0 atom stereocenters. The number of likely N-dealkylation sites (tertiary alicyclic amines) is 1. The SMILES string of the molecule is O=C(c1ccc(C2CC2)c(Cl)c1)N1CCC(c2cc(I)on2)CC1. The Kier molecular flexibility index (Phi) is 4.56. The molecule has 1 saturated heterocycles. The average Bonchev–Trinajstić information content (AvgIpc) is 3.35. The Labute approximate surface area is 159 Å². The smallest absolute Gasteiger partial charge is 0.253 e. The molecule has 126 valence electrons. The first-order valence-corrected chi connectivity index (χ1v) is 9.78. The maximum atomic E-state index is 12.7. The first-order chi connectivity index (χ1) is 11.6. The number of amides is 1. The third kappa shape index (κ3) is 3.33. The van der Waals surface area contributed by atoms with Crippen molar-refractivity contribution in [3.63, 3.8) is 0 Å². The van der Waals surface area contributed by atoms with Gasteiger partial charge >= 0.3 is 0 Å². The predicted octanol–water partition coefficient (Wildman–Crippen LogP) is 4.83. The van der Waals surface area contributed by atoms with E-state index in [0.717, 1.165) is 40.4 Å². The van der Waals surface area contributed by atoms with Crippen LogP contribution in [0.15, 0.2) is 28.8 Å². The van der Waals surface area contributed by atoms with Crippen molar-refractivity contribution >= 4 is 40.1 Å². The van der Waals surface area contributed by atoms with Crippen LogP contribution in [0, 0.1) is 3.77 Å². The molecule has 0 unspecified atom stereocenters. The van der Waals surface area contributed by atoms with E-state index in [1.807, 2.05) is 29.2 Å². The Balaban J connectivity index is 1.41. The highest BCUT2D eigenvalue weighted by atomic mass is 127. The summed E-state index contributed by atoms with van der Waals surface area (Å²) in [6.07, 6.45) is 4.26. The molecule has 0 spiro atoms. The number of aromatic nitrogens is 1. The van der Waals surface area contributed by atoms with E-state index in [0.29, 0.717) is 17.4 Å². The lowest BCUT2D eigenvalue weighted by atomic mass is 9.93. The molecule has 0 N–H and O–H groups in total. The normalized spacial score (nSPS) is 18.8. The topological polar surface area (TPSA) is 46.3 Å². The summed E-state index contributed by atoms with van der Waals surface area (Å²) in [4.78, 5) is 14.6. The monoisotopic (exact) mass is 456 g/mol. The molecular weight excluding hydrogens is 439 g/mol. The lowest BCUT2D eigenvalue weighted by Crippen LogP contribution is -2.38. The Morgan fingerprint density at radius 3 is 2.50 bits per heavy atom. The van der Waals surface area contributed by atoms with Gasteiger partial charge in [-0.05, 0) is 49.3 Å². The Morgan fingerprint density at radius 1 is 1.17 bits per heavy atom. The zero-order chi connectivity index (χ0) is 16.7. The summed E-state index contributed by atoms with van der Waals surface area (Å²) in [5, 5.41) is 4.84. The van der Waals surface area contributed by atoms with Crippen LogP contribution in [0.1, 0.15) is 59.1 Å². The number of hydrogen-bond donors (Lipinski definition) is 0. The second kappa shape index (κ2) is 6.67. The third-order valence-corrected chi connectivity index (χ3v) is 5.80. The van der Waals surface area contributed by atoms with E-state index in [9.17, 15) is 4.79 Å². The highest BCUT2D eigenvalue weighted by Crippen LogP contribution is 2.43. The van der Waals surface area contributed by atoms with Crippen LogP contribution < -0.4 is 0 Å². The lowest BCUT2D eigenvalue weighted by molar-refractivity contribution is 0.0711. The van der Waals surface area contributed by atoms with Crippen molar-refractivity contribution in [1.82, 2.24) is 10.1 Å². The van der Waals surface area contributed by atoms with Gasteiger partial charge in [0.05, 0.1) is 5.69 Å². The van der Waals surface area contributed by atoms with Gasteiger partial charge in [-0.15, -0.1) is 0 Å². The molecule has 1 aromatic carbocycles. The molecule has 1 aliphatic heterocycles. The van der Waals surface area contributed by atoms with Gasteiger partial charge in [0.25, 0.3) is 5.91 Å². The first kappa shape index (κ1) is 16.4. The predicted molar refractivity (Wildman–Crippen MR) is 101 cm³/mol. The second-order valence-corrected chi connectivity index (χ2v) is 8.10. The zero-order valence-electron chi connectivity index (χ0n) is 13.2. The number of piperidine rings is 1. The zero-order valence-corrected chi connectivity index (χ0v) is 16.1. The van der Waals surface area contributed by atoms with E-state index in [2.05, 4.69) is 27.7 Å². The largest absolute Gasteiger partial charge is 0.350 e. The molecule has 2 heterocycles. The van der Waals surface area contributed by atoms with Crippen LogP contribution in [0.4, 0.5) is 0 Å². The van der Waals surface area contributed by atoms with Crippen molar-refractivity contribution in [2.75, 3.05) is 13.1 Å². The number of rotatable bonds is 3. The van der Waals surface area contributed by atoms with E-state index in [4.69, 9.17) is 16.1 Å². The van der Waals surface area contributed by atoms with Crippen molar-refractivity contribution in [2.24, 2.45) is 0 Å². The molecule has 6 heteroatoms. The molecule has 1 aliphatic carbocycles. The van der Waals surface area contributed by atoms with Gasteiger partial charge in [0.1, 0.15) is 0 Å². The van der Waals surface area contributed by atoms with Crippen LogP contribution in [0.2, 0.25) is 5.02 Å². The van der Waals surface area contributed by atoms with E-state index in [1.54, 1.807) is 0 Å². The number of hydrogen-bond acceptors (Lipinski definition) is 3. The van der Waals surface area contributed by atoms with E-state index in [1.165, 1.54) is 18.4 Å². The molecule has 4 nitrogen and oxygen atoms in total. The van der Waals surface area contributed by atoms with Crippen molar-refractivity contribution in [1.29, 1.82) is 0 Å². The number of halogens is 2. The van der Waals surface area contributed by atoms with Crippen molar-refractivity contribution < 1.29 is 9.32 Å². The number of nitrogens with zero attached hydrogens (tertiary/aromatic N) is 2. The minimum atomic E-state index is 0.0763. The van der Waals surface area contributed by atoms with Crippen LogP contribution in [-0.2, 0) is 0 Å². The van der Waals surface area contributed by atoms with Crippen LogP contribution in [0.5, 0.6) is 0 Å². The van der Waals surface area contributed by atoms with Gasteiger partial charge in [-0.1, -0.05) is 22.8 Å². The minimum absolute atomic E-state index is 0.0763. The first-order valence-electron chi connectivity index (χ1n) is 8.32. The highest BCUT2D eigenvalue weighted by Gasteiger charge is 2.28. The maximum Gasteiger partial charge on any atom is 0.253 e. The van der Waals surface area contributed by atoms with Gasteiger partial charge in [-0.3, -0.25) is 4.79 Å². The summed E-state index contributed by atoms with van der Waals surface area (Å²) in [6.45, 7) is 1.49. The van der Waals surface area contributed by atoms with E-state index >= 15 is 0 Å². The molecule has 0 radical (unpaired) electrons. The second-order valence-electron chi connectivity index (χ2n) is 6.63. The van der Waals surface area contributed by atoms with Gasteiger partial charge in [0.15, 0.2) is 3.77 Å². The summed E-state index contributed by atoms with van der Waals surface area (Å²) in [7, 11) is 0. The Hall–Kier alpha value is -1.08. The molecule has 1 amide bonds. The molecular formula is C18H18ClIN2O2. The van der Waals surface area contributed by atoms with Crippen molar-refractivity contribution in [2.45, 2.75) is 37.5 Å². The Morgan fingerprint density at radius 2 is 1.92 bits per heavy atom. The molecule has 1 aromatic heterocycles. The highest BCUT2D eigenvalue weighted by molar-refractivity contribution is 14.1. The quantitative estimate of drug-likeness (QED) is 0.622. The van der Waals surface area contributed by atoms with E-state index in [-0.39, 0.29) is 5.91 Å². The molecule has 2 fully saturated rings. The Bertz CT molecular complexity index is 764. The van der Waals surface area contributed by atoms with Crippen LogP contribution >= 0.6 is 34.2 Å². The van der Waals surface area contributed by atoms with Gasteiger partial charge in [-0.25, -0.2) is 0 Å². The number of carbonyl (C=O) groups is 1. The molecule has 2 aliphatic rings. The fraction of sp³-hybridized carbons (Fsp3) is 0.444. The molecule has 0 bridgehead atoms. The van der Waals surface area contributed by atoms with Crippen molar-refractivity contribution in [3.05, 3.63) is 49.9 Å². The van der Waals surface area contributed by atoms with Gasteiger partial charge < -0.3 is 9.42 Å². The van der Waals surface area contributed by atoms with Crippen LogP contribution in [-0.4, -0.2) is 29.1 Å². The molecule has 24 heavy (non-hydrogen) atoms. The van der Waals surface area contributed by atoms with Gasteiger partial charge in [-0.2, -0.15) is 0 Å². The summed E-state index contributed by atoms with van der Waals surface area (Å²) in [6, 6.07) is 7.77. The summed E-state index contributed by atoms with van der Waals surface area (Å²) >= 11 is 8.49. The van der Waals surface area contributed by atoms with Gasteiger partial charge in [0, 0.05) is 58.3 Å². The van der Waals surface area contributed by atoms with Crippen molar-refractivity contribution in [3.8, 4) is 0 Å².